The molecule has 0 amide bonds. The van der Waals surface area contributed by atoms with Crippen molar-refractivity contribution in [3.63, 3.8) is 0 Å². The Morgan fingerprint density at radius 3 is 2.89 bits per heavy atom. The van der Waals surface area contributed by atoms with Crippen molar-refractivity contribution in [3.8, 4) is 10.7 Å². The number of nitrogens with zero attached hydrogens (tertiary/aromatic N) is 4. The van der Waals surface area contributed by atoms with Gasteiger partial charge in [0.2, 0.25) is 4.96 Å². The van der Waals surface area contributed by atoms with E-state index in [1.807, 2.05) is 31.3 Å². The average Bonchev–Trinajstić information content (AvgIpc) is 3.00. The van der Waals surface area contributed by atoms with E-state index in [-0.39, 0.29) is 0 Å². The van der Waals surface area contributed by atoms with Crippen molar-refractivity contribution in [2.45, 2.75) is 6.92 Å². The Balaban J connectivity index is 1.93. The smallest absolute Gasteiger partial charge is 0.212 e. The molecule has 19 heavy (non-hydrogen) atoms. The van der Waals surface area contributed by atoms with Crippen LogP contribution in [-0.4, -0.2) is 19.6 Å². The van der Waals surface area contributed by atoms with E-state index in [0.29, 0.717) is 5.02 Å². The summed E-state index contributed by atoms with van der Waals surface area (Å²) in [5, 5.41) is 6.91. The van der Waals surface area contributed by atoms with Crippen LogP contribution in [0.3, 0.4) is 0 Å². The third-order valence-electron chi connectivity index (χ3n) is 2.73. The SMILES string of the molecule is Cc1nn2cc(-c3nc4c(Cl)cccc4s3)nc2s1. The second kappa shape index (κ2) is 4.00. The molecule has 3 heterocycles. The highest BCUT2D eigenvalue weighted by Crippen LogP contribution is 2.33. The van der Waals surface area contributed by atoms with Crippen LogP contribution >= 0.6 is 34.3 Å². The van der Waals surface area contributed by atoms with Gasteiger partial charge < -0.3 is 0 Å². The summed E-state index contributed by atoms with van der Waals surface area (Å²) in [5.41, 5.74) is 1.68. The molecule has 4 aromatic rings. The lowest BCUT2D eigenvalue weighted by Crippen LogP contribution is -1.80. The van der Waals surface area contributed by atoms with Gasteiger partial charge in [0.1, 0.15) is 21.2 Å². The second-order valence-corrected chi connectivity index (χ2v) is 6.68. The number of fused-ring (bicyclic) bond motifs is 2. The summed E-state index contributed by atoms with van der Waals surface area (Å²) in [6.07, 6.45) is 1.91. The van der Waals surface area contributed by atoms with Crippen LogP contribution in [0, 0.1) is 6.92 Å². The van der Waals surface area contributed by atoms with Crippen molar-refractivity contribution in [3.05, 3.63) is 34.4 Å². The molecule has 0 saturated carbocycles. The molecule has 3 aromatic heterocycles. The van der Waals surface area contributed by atoms with E-state index in [1.54, 1.807) is 27.2 Å². The van der Waals surface area contributed by atoms with Crippen LogP contribution in [0.5, 0.6) is 0 Å². The normalized spacial score (nSPS) is 11.7. The molecule has 0 aliphatic heterocycles. The van der Waals surface area contributed by atoms with E-state index >= 15 is 0 Å². The van der Waals surface area contributed by atoms with Gasteiger partial charge in [-0.25, -0.2) is 14.5 Å². The van der Waals surface area contributed by atoms with Gasteiger partial charge in [0.25, 0.3) is 0 Å². The molecule has 94 valence electrons. The maximum atomic E-state index is 6.14. The summed E-state index contributed by atoms with van der Waals surface area (Å²) < 4.78 is 2.87. The van der Waals surface area contributed by atoms with Crippen LogP contribution in [0.4, 0.5) is 0 Å². The van der Waals surface area contributed by atoms with Crippen molar-refractivity contribution in [1.29, 1.82) is 0 Å². The predicted molar refractivity (Wildman–Crippen MR) is 79.2 cm³/mol. The monoisotopic (exact) mass is 306 g/mol. The first-order valence-electron chi connectivity index (χ1n) is 5.59. The largest absolute Gasteiger partial charge is 0.233 e. The molecule has 0 bridgehead atoms. The van der Waals surface area contributed by atoms with Crippen LogP contribution in [0.25, 0.3) is 25.9 Å². The van der Waals surface area contributed by atoms with E-state index in [9.17, 15) is 0 Å². The third-order valence-corrected chi connectivity index (χ3v) is 4.92. The number of rotatable bonds is 1. The number of para-hydroxylation sites is 1. The topological polar surface area (TPSA) is 43.1 Å². The van der Waals surface area contributed by atoms with E-state index in [2.05, 4.69) is 15.1 Å². The summed E-state index contributed by atoms with van der Waals surface area (Å²) >= 11 is 9.31. The molecular weight excluding hydrogens is 300 g/mol. The predicted octanol–water partition coefficient (Wildman–Crippen LogP) is 4.03. The maximum absolute atomic E-state index is 6.14. The van der Waals surface area contributed by atoms with Gasteiger partial charge in [0.15, 0.2) is 0 Å². The molecule has 0 fully saturated rings. The van der Waals surface area contributed by atoms with Gasteiger partial charge in [-0.1, -0.05) is 29.0 Å². The van der Waals surface area contributed by atoms with Crippen LogP contribution in [0.15, 0.2) is 24.4 Å². The zero-order valence-electron chi connectivity index (χ0n) is 9.79. The lowest BCUT2D eigenvalue weighted by Gasteiger charge is -1.88. The van der Waals surface area contributed by atoms with Crippen molar-refractivity contribution < 1.29 is 0 Å². The molecule has 0 radical (unpaired) electrons. The molecule has 0 spiro atoms. The van der Waals surface area contributed by atoms with Gasteiger partial charge in [0, 0.05) is 0 Å². The number of imidazole rings is 1. The highest BCUT2D eigenvalue weighted by molar-refractivity contribution is 7.21. The highest BCUT2D eigenvalue weighted by Gasteiger charge is 2.13. The second-order valence-electron chi connectivity index (χ2n) is 4.08. The van der Waals surface area contributed by atoms with E-state index in [1.165, 1.54) is 0 Å². The molecule has 0 aliphatic carbocycles. The molecule has 4 rings (SSSR count). The number of aromatic nitrogens is 4. The lowest BCUT2D eigenvalue weighted by atomic mass is 10.3. The Hall–Kier alpha value is -1.50. The first kappa shape index (κ1) is 11.3. The minimum Gasteiger partial charge on any atom is -0.233 e. The fraction of sp³-hybridized carbons (Fsp3) is 0.0833. The molecule has 0 unspecified atom stereocenters. The Morgan fingerprint density at radius 2 is 2.11 bits per heavy atom. The molecule has 0 N–H and O–H groups in total. The maximum Gasteiger partial charge on any atom is 0.212 e. The summed E-state index contributed by atoms with van der Waals surface area (Å²) in [4.78, 5) is 10.0. The zero-order chi connectivity index (χ0) is 13.0. The first-order valence-corrected chi connectivity index (χ1v) is 7.60. The van der Waals surface area contributed by atoms with Crippen LogP contribution in [0.1, 0.15) is 5.01 Å². The molecule has 0 atom stereocenters. The van der Waals surface area contributed by atoms with E-state index < -0.39 is 0 Å². The number of hydrogen-bond donors (Lipinski definition) is 0. The number of thiazole rings is 1. The molecule has 7 heteroatoms. The van der Waals surface area contributed by atoms with Gasteiger partial charge in [-0.2, -0.15) is 5.10 Å². The molecular formula is C12H7ClN4S2. The zero-order valence-corrected chi connectivity index (χ0v) is 12.2. The Labute approximate surface area is 121 Å². The fourth-order valence-electron chi connectivity index (χ4n) is 1.93. The van der Waals surface area contributed by atoms with Gasteiger partial charge in [-0.15, -0.1) is 11.3 Å². The van der Waals surface area contributed by atoms with Gasteiger partial charge in [-0.3, -0.25) is 0 Å². The van der Waals surface area contributed by atoms with Crippen molar-refractivity contribution in [1.82, 2.24) is 19.6 Å². The van der Waals surface area contributed by atoms with E-state index in [4.69, 9.17) is 11.6 Å². The number of benzene rings is 1. The quantitative estimate of drug-likeness (QED) is 0.533. The van der Waals surface area contributed by atoms with Crippen molar-refractivity contribution in [2.24, 2.45) is 0 Å². The standard InChI is InChI=1S/C12H7ClN4S2/c1-6-16-17-5-8(14-12(17)18-6)11-15-10-7(13)3-2-4-9(10)19-11/h2-5H,1H3. The van der Waals surface area contributed by atoms with Gasteiger partial charge >= 0.3 is 0 Å². The summed E-state index contributed by atoms with van der Waals surface area (Å²) in [6.45, 7) is 1.97. The van der Waals surface area contributed by atoms with E-state index in [0.717, 1.165) is 30.9 Å². The summed E-state index contributed by atoms with van der Waals surface area (Å²) in [6, 6.07) is 5.80. The van der Waals surface area contributed by atoms with Gasteiger partial charge in [0.05, 0.1) is 15.9 Å². The molecule has 0 saturated heterocycles. The first-order chi connectivity index (χ1) is 9.20. The highest BCUT2D eigenvalue weighted by atomic mass is 35.5. The number of halogens is 1. The van der Waals surface area contributed by atoms with Gasteiger partial charge in [-0.05, 0) is 19.1 Å². The summed E-state index contributed by atoms with van der Waals surface area (Å²) in [7, 11) is 0. The fourth-order valence-corrected chi connectivity index (χ4v) is 3.87. The lowest BCUT2D eigenvalue weighted by molar-refractivity contribution is 0.946. The third kappa shape index (κ3) is 1.75. The van der Waals surface area contributed by atoms with Crippen molar-refractivity contribution >= 4 is 49.5 Å². The Morgan fingerprint density at radius 1 is 1.21 bits per heavy atom. The molecule has 1 aromatic carbocycles. The minimum atomic E-state index is 0.676. The minimum absolute atomic E-state index is 0.676. The molecule has 4 nitrogen and oxygen atoms in total. The Kier molecular flexibility index (Phi) is 2.38. The van der Waals surface area contributed by atoms with Crippen LogP contribution in [0.2, 0.25) is 5.02 Å². The molecule has 0 aliphatic rings. The summed E-state index contributed by atoms with van der Waals surface area (Å²) in [5.74, 6) is 0. The number of aryl methyl sites for hydroxylation is 1. The van der Waals surface area contributed by atoms with Crippen LogP contribution in [-0.2, 0) is 0 Å². The number of hydrogen-bond acceptors (Lipinski definition) is 5. The van der Waals surface area contributed by atoms with Crippen LogP contribution < -0.4 is 0 Å². The average molecular weight is 307 g/mol. The Bertz CT molecular complexity index is 874. The van der Waals surface area contributed by atoms with Crippen molar-refractivity contribution in [2.75, 3.05) is 0 Å².